The molecular formula is C13H20O3. The minimum absolute atomic E-state index is 0.0200. The zero-order valence-electron chi connectivity index (χ0n) is 9.56. The maximum atomic E-state index is 11.6. The van der Waals surface area contributed by atoms with Crippen molar-refractivity contribution in [3.63, 3.8) is 0 Å². The van der Waals surface area contributed by atoms with Gasteiger partial charge >= 0.3 is 5.97 Å². The molecule has 90 valence electrons. The van der Waals surface area contributed by atoms with E-state index in [1.807, 2.05) is 0 Å². The van der Waals surface area contributed by atoms with E-state index in [1.165, 1.54) is 6.42 Å². The van der Waals surface area contributed by atoms with E-state index < -0.39 is 11.4 Å². The summed E-state index contributed by atoms with van der Waals surface area (Å²) in [7, 11) is 0. The standard InChI is InChI=1S/C13H20O3/c14-11-4-2-1-3-10(11)13(12(15)16)6-8-5-9(8)7-13/h8-11,14H,1-7H2,(H,15,16). The summed E-state index contributed by atoms with van der Waals surface area (Å²) >= 11 is 0. The van der Waals surface area contributed by atoms with Crippen LogP contribution in [0, 0.1) is 23.2 Å². The molecule has 0 aliphatic heterocycles. The van der Waals surface area contributed by atoms with Crippen LogP contribution < -0.4 is 0 Å². The summed E-state index contributed by atoms with van der Waals surface area (Å²) < 4.78 is 0. The number of aliphatic hydroxyl groups excluding tert-OH is 1. The summed E-state index contributed by atoms with van der Waals surface area (Å²) in [6.07, 6.45) is 6.37. The summed E-state index contributed by atoms with van der Waals surface area (Å²) in [5.41, 5.74) is -0.576. The first kappa shape index (κ1) is 10.6. The fourth-order valence-electron chi connectivity index (χ4n) is 4.22. The molecule has 3 saturated carbocycles. The van der Waals surface area contributed by atoms with E-state index in [1.54, 1.807) is 0 Å². The molecule has 0 aromatic heterocycles. The molecule has 3 rings (SSSR count). The topological polar surface area (TPSA) is 57.5 Å². The number of aliphatic carboxylic acids is 1. The van der Waals surface area contributed by atoms with Crippen LogP contribution in [0.4, 0.5) is 0 Å². The lowest BCUT2D eigenvalue weighted by Gasteiger charge is -2.40. The van der Waals surface area contributed by atoms with E-state index in [-0.39, 0.29) is 12.0 Å². The van der Waals surface area contributed by atoms with Gasteiger partial charge in [-0.25, -0.2) is 0 Å². The van der Waals surface area contributed by atoms with Crippen LogP contribution in [0.2, 0.25) is 0 Å². The highest BCUT2D eigenvalue weighted by molar-refractivity contribution is 5.76. The molecule has 3 aliphatic rings. The normalized spacial score (nSPS) is 51.1. The summed E-state index contributed by atoms with van der Waals surface area (Å²) in [5.74, 6) is 0.688. The molecule has 0 aromatic carbocycles. The molecule has 4 unspecified atom stereocenters. The predicted molar refractivity (Wildman–Crippen MR) is 58.9 cm³/mol. The monoisotopic (exact) mass is 224 g/mol. The molecule has 3 aliphatic carbocycles. The number of hydrogen-bond acceptors (Lipinski definition) is 2. The van der Waals surface area contributed by atoms with Crippen LogP contribution in [0.25, 0.3) is 0 Å². The number of rotatable bonds is 2. The lowest BCUT2D eigenvalue weighted by molar-refractivity contribution is -0.158. The van der Waals surface area contributed by atoms with E-state index in [0.29, 0.717) is 11.8 Å². The Morgan fingerprint density at radius 1 is 1.12 bits per heavy atom. The molecule has 4 atom stereocenters. The number of carboxylic acid groups (broad SMARTS) is 1. The second kappa shape index (κ2) is 3.46. The van der Waals surface area contributed by atoms with Crippen molar-refractivity contribution in [3.05, 3.63) is 0 Å². The van der Waals surface area contributed by atoms with Gasteiger partial charge in [-0.15, -0.1) is 0 Å². The Bertz CT molecular complexity index is 302. The molecule has 0 bridgehead atoms. The highest BCUT2D eigenvalue weighted by Gasteiger charge is 2.61. The molecule has 0 heterocycles. The third-order valence-corrected chi connectivity index (χ3v) is 5.19. The van der Waals surface area contributed by atoms with Gasteiger partial charge in [0.25, 0.3) is 0 Å². The van der Waals surface area contributed by atoms with Crippen molar-refractivity contribution in [2.45, 2.75) is 51.0 Å². The summed E-state index contributed by atoms with van der Waals surface area (Å²) in [5, 5.41) is 19.6. The second-order valence-electron chi connectivity index (χ2n) is 6.08. The summed E-state index contributed by atoms with van der Waals surface area (Å²) in [6.45, 7) is 0. The average Bonchev–Trinajstić information content (AvgIpc) is 2.86. The number of carbonyl (C=O) groups is 1. The largest absolute Gasteiger partial charge is 0.481 e. The van der Waals surface area contributed by atoms with Crippen LogP contribution in [0.5, 0.6) is 0 Å². The van der Waals surface area contributed by atoms with Crippen molar-refractivity contribution in [1.29, 1.82) is 0 Å². The molecule has 0 aromatic rings. The van der Waals surface area contributed by atoms with Gasteiger partial charge in [-0.3, -0.25) is 4.79 Å². The molecule has 3 fully saturated rings. The maximum absolute atomic E-state index is 11.6. The first-order valence-corrected chi connectivity index (χ1v) is 6.55. The van der Waals surface area contributed by atoms with Gasteiger partial charge in [-0.1, -0.05) is 12.8 Å². The predicted octanol–water partition coefficient (Wildman–Crippen LogP) is 2.04. The molecule has 2 N–H and O–H groups in total. The number of fused-ring (bicyclic) bond motifs is 1. The van der Waals surface area contributed by atoms with Crippen molar-refractivity contribution < 1.29 is 15.0 Å². The van der Waals surface area contributed by atoms with Crippen LogP contribution in [-0.4, -0.2) is 22.3 Å². The van der Waals surface area contributed by atoms with Gasteiger partial charge in [-0.2, -0.15) is 0 Å². The van der Waals surface area contributed by atoms with E-state index in [9.17, 15) is 15.0 Å². The molecule has 3 heteroatoms. The van der Waals surface area contributed by atoms with E-state index in [0.717, 1.165) is 38.5 Å². The zero-order chi connectivity index (χ0) is 11.3. The van der Waals surface area contributed by atoms with Crippen LogP contribution in [0.15, 0.2) is 0 Å². The van der Waals surface area contributed by atoms with Gasteiger partial charge in [0.05, 0.1) is 11.5 Å². The van der Waals surface area contributed by atoms with Crippen molar-refractivity contribution in [2.24, 2.45) is 23.2 Å². The number of carboxylic acids is 1. The molecule has 0 amide bonds. The molecular weight excluding hydrogens is 204 g/mol. The van der Waals surface area contributed by atoms with Gasteiger partial charge < -0.3 is 10.2 Å². The fraction of sp³-hybridized carbons (Fsp3) is 0.923. The Labute approximate surface area is 95.9 Å². The van der Waals surface area contributed by atoms with Gasteiger partial charge in [-0.05, 0) is 43.9 Å². The van der Waals surface area contributed by atoms with E-state index in [2.05, 4.69) is 0 Å². The molecule has 0 spiro atoms. The lowest BCUT2D eigenvalue weighted by atomic mass is 9.65. The Balaban J connectivity index is 1.85. The second-order valence-corrected chi connectivity index (χ2v) is 6.08. The first-order valence-electron chi connectivity index (χ1n) is 6.55. The summed E-state index contributed by atoms with van der Waals surface area (Å²) in [6, 6.07) is 0. The third-order valence-electron chi connectivity index (χ3n) is 5.19. The van der Waals surface area contributed by atoms with E-state index in [4.69, 9.17) is 0 Å². The molecule has 16 heavy (non-hydrogen) atoms. The highest BCUT2D eigenvalue weighted by atomic mass is 16.4. The Kier molecular flexibility index (Phi) is 2.29. The van der Waals surface area contributed by atoms with Crippen molar-refractivity contribution >= 4 is 5.97 Å². The van der Waals surface area contributed by atoms with E-state index >= 15 is 0 Å². The SMILES string of the molecule is O=C(O)C1(C2CCCCC2O)CC2CC2C1. The number of aliphatic hydroxyl groups is 1. The Morgan fingerprint density at radius 3 is 2.31 bits per heavy atom. The molecule has 0 saturated heterocycles. The lowest BCUT2D eigenvalue weighted by Crippen LogP contribution is -2.44. The van der Waals surface area contributed by atoms with Crippen LogP contribution >= 0.6 is 0 Å². The van der Waals surface area contributed by atoms with Crippen molar-refractivity contribution in [2.75, 3.05) is 0 Å². The maximum Gasteiger partial charge on any atom is 0.310 e. The minimum Gasteiger partial charge on any atom is -0.481 e. The highest BCUT2D eigenvalue weighted by Crippen LogP contribution is 2.64. The van der Waals surface area contributed by atoms with Crippen molar-refractivity contribution in [3.8, 4) is 0 Å². The van der Waals surface area contributed by atoms with Gasteiger partial charge in [0.15, 0.2) is 0 Å². The average molecular weight is 224 g/mol. The molecule has 3 nitrogen and oxygen atoms in total. The zero-order valence-corrected chi connectivity index (χ0v) is 9.56. The first-order chi connectivity index (χ1) is 7.63. The fourth-order valence-corrected chi connectivity index (χ4v) is 4.22. The summed E-state index contributed by atoms with van der Waals surface area (Å²) in [4.78, 5) is 11.6. The Morgan fingerprint density at radius 2 is 1.75 bits per heavy atom. The van der Waals surface area contributed by atoms with Gasteiger partial charge in [0, 0.05) is 5.92 Å². The minimum atomic E-state index is -0.648. The van der Waals surface area contributed by atoms with Crippen molar-refractivity contribution in [1.82, 2.24) is 0 Å². The number of hydrogen-bond donors (Lipinski definition) is 2. The van der Waals surface area contributed by atoms with Gasteiger partial charge in [0.1, 0.15) is 0 Å². The van der Waals surface area contributed by atoms with Gasteiger partial charge in [0.2, 0.25) is 0 Å². The van der Waals surface area contributed by atoms with Crippen LogP contribution in [0.3, 0.4) is 0 Å². The Hall–Kier alpha value is -0.570. The van der Waals surface area contributed by atoms with Crippen LogP contribution in [0.1, 0.15) is 44.9 Å². The third kappa shape index (κ3) is 1.41. The van der Waals surface area contributed by atoms with Crippen LogP contribution in [-0.2, 0) is 4.79 Å². The smallest absolute Gasteiger partial charge is 0.310 e. The molecule has 0 radical (unpaired) electrons. The quantitative estimate of drug-likeness (QED) is 0.754.